The van der Waals surface area contributed by atoms with E-state index >= 15 is 0 Å². The summed E-state index contributed by atoms with van der Waals surface area (Å²) in [4.78, 5) is 20.8. The van der Waals surface area contributed by atoms with Crippen LogP contribution < -0.4 is 10.2 Å². The monoisotopic (exact) mass is 465 g/mol. The highest BCUT2D eigenvalue weighted by molar-refractivity contribution is 6.09. The zero-order valence-corrected chi connectivity index (χ0v) is 21.3. The van der Waals surface area contributed by atoms with Gasteiger partial charge in [-0.05, 0) is 92.5 Å². The van der Waals surface area contributed by atoms with Crippen LogP contribution in [0.25, 0.3) is 0 Å². The van der Waals surface area contributed by atoms with Crippen molar-refractivity contribution in [3.63, 3.8) is 0 Å². The second kappa shape index (κ2) is 9.69. The molecule has 4 nitrogen and oxygen atoms in total. The average Bonchev–Trinajstić information content (AvgIpc) is 2.85. The van der Waals surface area contributed by atoms with Gasteiger partial charge in [-0.15, -0.1) is 0 Å². The minimum atomic E-state index is -0.0749. The molecule has 1 saturated carbocycles. The van der Waals surface area contributed by atoms with Crippen molar-refractivity contribution in [1.82, 2.24) is 0 Å². The molecule has 5 rings (SSSR count). The van der Waals surface area contributed by atoms with Crippen LogP contribution in [-0.4, -0.2) is 24.7 Å². The fourth-order valence-electron chi connectivity index (χ4n) is 5.57. The average molecular weight is 466 g/mol. The molecule has 35 heavy (non-hydrogen) atoms. The fraction of sp³-hybridized carbons (Fsp3) is 0.355. The van der Waals surface area contributed by atoms with E-state index in [1.807, 2.05) is 18.2 Å². The molecule has 1 amide bonds. The Kier molecular flexibility index (Phi) is 6.46. The number of anilines is 2. The zero-order valence-electron chi connectivity index (χ0n) is 21.3. The summed E-state index contributed by atoms with van der Waals surface area (Å²) in [5.74, 6) is 0.900. The Morgan fingerprint density at radius 1 is 0.971 bits per heavy atom. The van der Waals surface area contributed by atoms with E-state index in [2.05, 4.69) is 80.4 Å². The lowest BCUT2D eigenvalue weighted by Gasteiger charge is -2.42. The Bertz CT molecular complexity index is 1290. The molecule has 0 spiro atoms. The molecule has 3 aromatic carbocycles. The molecule has 1 N–H and O–H groups in total. The predicted octanol–water partition coefficient (Wildman–Crippen LogP) is 7.28. The number of carbonyl (C=O) groups is 1. The van der Waals surface area contributed by atoms with Crippen molar-refractivity contribution in [2.75, 3.05) is 23.3 Å². The molecular weight excluding hydrogens is 430 g/mol. The maximum atomic E-state index is 13.3. The van der Waals surface area contributed by atoms with Crippen LogP contribution in [0.5, 0.6) is 0 Å². The Balaban J connectivity index is 1.59. The molecule has 2 aliphatic rings. The van der Waals surface area contributed by atoms with Gasteiger partial charge in [0.2, 0.25) is 0 Å². The van der Waals surface area contributed by atoms with Gasteiger partial charge >= 0.3 is 0 Å². The Labute approximate surface area is 209 Å². The van der Waals surface area contributed by atoms with Crippen LogP contribution in [0.15, 0.2) is 65.7 Å². The maximum Gasteiger partial charge on any atom is 0.255 e. The van der Waals surface area contributed by atoms with Crippen LogP contribution in [0.2, 0.25) is 0 Å². The Morgan fingerprint density at radius 2 is 1.74 bits per heavy atom. The van der Waals surface area contributed by atoms with Crippen LogP contribution in [-0.2, 0) is 6.42 Å². The lowest BCUT2D eigenvalue weighted by molar-refractivity contribution is 0.102. The summed E-state index contributed by atoms with van der Waals surface area (Å²) in [6, 6.07) is 20.9. The maximum absolute atomic E-state index is 13.3. The standard InChI is InChI=1S/C31H35N3O/c1-5-21-12-10-13-22(17-21)31(35)33-28-19-27-26(18-29(28)34(6-2)7-3)24-15-16-25(24)30(32-27)23-14-9-8-11-20(23)4/h8-14,17-19,24-25H,5-7,15-16H2,1-4H3,(H,33,35). The first-order valence-corrected chi connectivity index (χ1v) is 13.0. The predicted molar refractivity (Wildman–Crippen MR) is 147 cm³/mol. The van der Waals surface area contributed by atoms with E-state index in [1.54, 1.807) is 0 Å². The summed E-state index contributed by atoms with van der Waals surface area (Å²) >= 11 is 0. The number of benzene rings is 3. The number of rotatable bonds is 7. The molecule has 1 aliphatic heterocycles. The normalized spacial score (nSPS) is 18.1. The van der Waals surface area contributed by atoms with Gasteiger partial charge in [-0.25, -0.2) is 0 Å². The minimum Gasteiger partial charge on any atom is -0.370 e. The molecule has 1 aliphatic carbocycles. The van der Waals surface area contributed by atoms with Gasteiger partial charge in [-0.2, -0.15) is 0 Å². The number of nitrogens with one attached hydrogen (secondary N) is 1. The molecule has 0 saturated heterocycles. The molecule has 4 heteroatoms. The van der Waals surface area contributed by atoms with Crippen molar-refractivity contribution in [1.29, 1.82) is 0 Å². The van der Waals surface area contributed by atoms with E-state index in [0.717, 1.165) is 42.1 Å². The van der Waals surface area contributed by atoms with Crippen molar-refractivity contribution in [2.24, 2.45) is 10.9 Å². The summed E-state index contributed by atoms with van der Waals surface area (Å²) in [6.45, 7) is 10.4. The van der Waals surface area contributed by atoms with Crippen molar-refractivity contribution in [3.05, 3.63) is 88.5 Å². The van der Waals surface area contributed by atoms with Gasteiger partial charge in [0, 0.05) is 24.6 Å². The topological polar surface area (TPSA) is 44.7 Å². The molecule has 0 bridgehead atoms. The van der Waals surface area contributed by atoms with Gasteiger partial charge in [0.05, 0.1) is 22.8 Å². The number of hydrogen-bond donors (Lipinski definition) is 1. The van der Waals surface area contributed by atoms with E-state index in [0.29, 0.717) is 17.4 Å². The SMILES string of the molecule is CCc1cccc(C(=O)Nc2cc3c(cc2N(CC)CC)C2CCC2C(c2ccccc2C)=N3)c1. The third-order valence-corrected chi connectivity index (χ3v) is 7.78. The largest absolute Gasteiger partial charge is 0.370 e. The lowest BCUT2D eigenvalue weighted by Crippen LogP contribution is -2.35. The molecular formula is C31H35N3O. The molecule has 1 heterocycles. The molecule has 1 fully saturated rings. The molecule has 2 unspecified atom stereocenters. The van der Waals surface area contributed by atoms with E-state index in [9.17, 15) is 4.79 Å². The summed E-state index contributed by atoms with van der Waals surface area (Å²) in [5.41, 5.74) is 9.83. The highest BCUT2D eigenvalue weighted by Gasteiger charge is 2.41. The minimum absolute atomic E-state index is 0.0749. The highest BCUT2D eigenvalue weighted by atomic mass is 16.1. The van der Waals surface area contributed by atoms with Gasteiger partial charge < -0.3 is 10.2 Å². The summed E-state index contributed by atoms with van der Waals surface area (Å²) in [7, 11) is 0. The second-order valence-corrected chi connectivity index (χ2v) is 9.71. The summed E-state index contributed by atoms with van der Waals surface area (Å²) < 4.78 is 0. The zero-order chi connectivity index (χ0) is 24.5. The van der Waals surface area contributed by atoms with E-state index in [1.165, 1.54) is 35.2 Å². The summed E-state index contributed by atoms with van der Waals surface area (Å²) in [6.07, 6.45) is 3.28. The number of amides is 1. The van der Waals surface area contributed by atoms with Gasteiger partial charge in [0.15, 0.2) is 0 Å². The number of carbonyl (C=O) groups excluding carboxylic acids is 1. The fourth-order valence-corrected chi connectivity index (χ4v) is 5.57. The highest BCUT2D eigenvalue weighted by Crippen LogP contribution is 2.53. The smallest absolute Gasteiger partial charge is 0.255 e. The lowest BCUT2D eigenvalue weighted by atomic mass is 9.64. The number of hydrogen-bond acceptors (Lipinski definition) is 3. The van der Waals surface area contributed by atoms with E-state index in [-0.39, 0.29) is 5.91 Å². The van der Waals surface area contributed by atoms with Crippen molar-refractivity contribution < 1.29 is 4.79 Å². The molecule has 3 aromatic rings. The molecule has 2 atom stereocenters. The first kappa shape index (κ1) is 23.3. The van der Waals surface area contributed by atoms with Gasteiger partial charge in [-0.1, -0.05) is 43.3 Å². The van der Waals surface area contributed by atoms with Crippen molar-refractivity contribution >= 4 is 28.7 Å². The van der Waals surface area contributed by atoms with Crippen molar-refractivity contribution in [3.8, 4) is 0 Å². The Morgan fingerprint density at radius 3 is 2.43 bits per heavy atom. The number of nitrogens with zero attached hydrogens (tertiary/aromatic N) is 2. The third kappa shape index (κ3) is 4.27. The van der Waals surface area contributed by atoms with Gasteiger partial charge in [-0.3, -0.25) is 9.79 Å². The van der Waals surface area contributed by atoms with Crippen LogP contribution in [0.1, 0.15) is 72.1 Å². The van der Waals surface area contributed by atoms with Crippen LogP contribution in [0, 0.1) is 12.8 Å². The van der Waals surface area contributed by atoms with E-state index in [4.69, 9.17) is 4.99 Å². The van der Waals surface area contributed by atoms with Gasteiger partial charge in [0.25, 0.3) is 5.91 Å². The quantitative estimate of drug-likeness (QED) is 0.398. The van der Waals surface area contributed by atoms with Crippen LogP contribution in [0.4, 0.5) is 17.1 Å². The third-order valence-electron chi connectivity index (χ3n) is 7.78. The Hall–Kier alpha value is -3.40. The molecule has 180 valence electrons. The first-order chi connectivity index (χ1) is 17.0. The van der Waals surface area contributed by atoms with Gasteiger partial charge in [0.1, 0.15) is 0 Å². The number of aliphatic imine (C=N–C) groups is 1. The number of aryl methyl sites for hydroxylation is 2. The molecule has 0 radical (unpaired) electrons. The van der Waals surface area contributed by atoms with Crippen LogP contribution in [0.3, 0.4) is 0 Å². The second-order valence-electron chi connectivity index (χ2n) is 9.71. The molecule has 0 aromatic heterocycles. The number of fused-ring (bicyclic) bond motifs is 3. The first-order valence-electron chi connectivity index (χ1n) is 13.0. The summed E-state index contributed by atoms with van der Waals surface area (Å²) in [5, 5.41) is 3.24. The van der Waals surface area contributed by atoms with E-state index < -0.39 is 0 Å². The van der Waals surface area contributed by atoms with Crippen LogP contribution >= 0.6 is 0 Å². The van der Waals surface area contributed by atoms with Crippen molar-refractivity contribution in [2.45, 2.75) is 52.9 Å².